The van der Waals surface area contributed by atoms with Gasteiger partial charge in [0.1, 0.15) is 5.75 Å². The van der Waals surface area contributed by atoms with E-state index >= 15 is 0 Å². The van der Waals surface area contributed by atoms with Crippen molar-refractivity contribution in [1.29, 1.82) is 0 Å². The molecule has 0 amide bonds. The fourth-order valence-corrected chi connectivity index (χ4v) is 2.99. The van der Waals surface area contributed by atoms with Gasteiger partial charge in [-0.3, -0.25) is 0 Å². The highest BCUT2D eigenvalue weighted by Gasteiger charge is 2.05. The summed E-state index contributed by atoms with van der Waals surface area (Å²) in [5.41, 5.74) is 3.57. The number of benzene rings is 2. The van der Waals surface area contributed by atoms with Gasteiger partial charge in [0, 0.05) is 35.8 Å². The molecule has 0 spiro atoms. The monoisotopic (exact) mass is 478 g/mol. The van der Waals surface area contributed by atoms with Crippen LogP contribution in [-0.2, 0) is 13.0 Å². The number of ether oxygens (including phenoxy) is 1. The molecule has 0 fully saturated rings. The normalized spacial score (nSPS) is 11.1. The van der Waals surface area contributed by atoms with Crippen molar-refractivity contribution < 1.29 is 4.74 Å². The molecule has 0 bridgehead atoms. The van der Waals surface area contributed by atoms with Crippen LogP contribution < -0.4 is 15.4 Å². The molecule has 3 N–H and O–H groups in total. The molecule has 2 aromatic carbocycles. The summed E-state index contributed by atoms with van der Waals surface area (Å²) in [4.78, 5) is 8.00. The van der Waals surface area contributed by atoms with Crippen LogP contribution in [0.4, 0.5) is 0 Å². The van der Waals surface area contributed by atoms with E-state index in [1.165, 1.54) is 16.5 Å². The Morgan fingerprint density at radius 1 is 1.04 bits per heavy atom. The van der Waals surface area contributed by atoms with E-state index < -0.39 is 0 Å². The number of nitrogens with one attached hydrogen (secondary N) is 3. The van der Waals surface area contributed by atoms with Crippen molar-refractivity contribution >= 4 is 40.8 Å². The van der Waals surface area contributed by atoms with E-state index in [1.54, 1.807) is 7.11 Å². The quantitative estimate of drug-likeness (QED) is 0.272. The van der Waals surface area contributed by atoms with Crippen LogP contribution in [0.1, 0.15) is 18.1 Å². The number of hydrogen-bond acceptors (Lipinski definition) is 2. The van der Waals surface area contributed by atoms with Gasteiger partial charge in [-0.25, -0.2) is 4.99 Å². The van der Waals surface area contributed by atoms with E-state index in [2.05, 4.69) is 58.0 Å². The second-order valence-corrected chi connectivity index (χ2v) is 6.04. The van der Waals surface area contributed by atoms with Crippen molar-refractivity contribution in [2.24, 2.45) is 4.99 Å². The zero-order valence-electron chi connectivity index (χ0n) is 15.8. The lowest BCUT2D eigenvalue weighted by Crippen LogP contribution is -2.38. The summed E-state index contributed by atoms with van der Waals surface area (Å²) in [6.07, 6.45) is 3.02. The third-order valence-electron chi connectivity index (χ3n) is 4.31. The second kappa shape index (κ2) is 10.8. The number of hydrogen-bond donors (Lipinski definition) is 3. The molecular weight excluding hydrogens is 451 g/mol. The number of aliphatic imine (C=N–C) groups is 1. The van der Waals surface area contributed by atoms with Gasteiger partial charge in [-0.15, -0.1) is 24.0 Å². The molecule has 0 aliphatic heterocycles. The molecule has 3 rings (SSSR count). The van der Waals surface area contributed by atoms with Gasteiger partial charge in [0.05, 0.1) is 13.7 Å². The zero-order chi connectivity index (χ0) is 18.2. The van der Waals surface area contributed by atoms with Crippen LogP contribution in [0, 0.1) is 0 Å². The average molecular weight is 478 g/mol. The van der Waals surface area contributed by atoms with Gasteiger partial charge in [0.25, 0.3) is 0 Å². The van der Waals surface area contributed by atoms with Crippen LogP contribution in [0.2, 0.25) is 0 Å². The molecule has 0 radical (unpaired) electrons. The highest BCUT2D eigenvalue weighted by Crippen LogP contribution is 2.18. The molecule has 5 nitrogen and oxygen atoms in total. The third-order valence-corrected chi connectivity index (χ3v) is 4.31. The van der Waals surface area contributed by atoms with Crippen molar-refractivity contribution in [3.8, 4) is 5.75 Å². The maximum absolute atomic E-state index is 5.40. The Morgan fingerprint density at radius 2 is 1.81 bits per heavy atom. The van der Waals surface area contributed by atoms with Crippen LogP contribution in [0.15, 0.2) is 59.7 Å². The Labute approximate surface area is 177 Å². The number of guanidine groups is 1. The van der Waals surface area contributed by atoms with Crippen molar-refractivity contribution in [3.05, 3.63) is 65.9 Å². The fourth-order valence-electron chi connectivity index (χ4n) is 2.99. The molecule has 27 heavy (non-hydrogen) atoms. The molecule has 3 aromatic rings. The minimum absolute atomic E-state index is 0. The largest absolute Gasteiger partial charge is 0.496 e. The van der Waals surface area contributed by atoms with E-state index in [1.807, 2.05) is 24.3 Å². The van der Waals surface area contributed by atoms with Gasteiger partial charge < -0.3 is 20.4 Å². The minimum atomic E-state index is 0. The van der Waals surface area contributed by atoms with Crippen LogP contribution in [-0.4, -0.2) is 31.1 Å². The summed E-state index contributed by atoms with van der Waals surface area (Å²) in [6.45, 7) is 4.29. The lowest BCUT2D eigenvalue weighted by Gasteiger charge is -2.12. The number of rotatable bonds is 7. The first kappa shape index (κ1) is 21.1. The van der Waals surface area contributed by atoms with Gasteiger partial charge in [0.2, 0.25) is 0 Å². The molecule has 0 unspecified atom stereocenters. The number of aromatic amines is 1. The SMILES string of the molecule is CCNC(=NCc1ccccc1OC)NCCc1c[nH]c2ccccc12.I. The molecule has 0 saturated carbocycles. The molecule has 0 aliphatic carbocycles. The summed E-state index contributed by atoms with van der Waals surface area (Å²) in [5.74, 6) is 1.68. The number of halogens is 1. The first-order valence-corrected chi connectivity index (χ1v) is 9.01. The summed E-state index contributed by atoms with van der Waals surface area (Å²) >= 11 is 0. The highest BCUT2D eigenvalue weighted by atomic mass is 127. The molecular formula is C21H27IN4O. The van der Waals surface area contributed by atoms with Gasteiger partial charge in [-0.1, -0.05) is 36.4 Å². The molecule has 1 aromatic heterocycles. The second-order valence-electron chi connectivity index (χ2n) is 6.04. The third kappa shape index (κ3) is 5.63. The number of nitrogens with zero attached hydrogens (tertiary/aromatic N) is 1. The van der Waals surface area contributed by atoms with Crippen LogP contribution in [0.5, 0.6) is 5.75 Å². The van der Waals surface area contributed by atoms with E-state index in [9.17, 15) is 0 Å². The maximum Gasteiger partial charge on any atom is 0.191 e. The highest BCUT2D eigenvalue weighted by molar-refractivity contribution is 14.0. The number of methoxy groups -OCH3 is 1. The van der Waals surface area contributed by atoms with Gasteiger partial charge in [-0.2, -0.15) is 0 Å². The van der Waals surface area contributed by atoms with E-state index in [-0.39, 0.29) is 24.0 Å². The maximum atomic E-state index is 5.40. The van der Waals surface area contributed by atoms with Crippen molar-refractivity contribution in [2.75, 3.05) is 20.2 Å². The number of para-hydroxylation sites is 2. The predicted molar refractivity (Wildman–Crippen MR) is 123 cm³/mol. The van der Waals surface area contributed by atoms with E-state index in [0.29, 0.717) is 6.54 Å². The molecule has 6 heteroatoms. The molecule has 1 heterocycles. The van der Waals surface area contributed by atoms with E-state index in [0.717, 1.165) is 36.8 Å². The summed E-state index contributed by atoms with van der Waals surface area (Å²) in [6, 6.07) is 16.4. The molecule has 144 valence electrons. The number of aromatic nitrogens is 1. The topological polar surface area (TPSA) is 61.4 Å². The van der Waals surface area contributed by atoms with Crippen molar-refractivity contribution in [3.63, 3.8) is 0 Å². The first-order chi connectivity index (χ1) is 12.8. The summed E-state index contributed by atoms with van der Waals surface area (Å²) < 4.78 is 5.40. The Bertz CT molecular complexity index is 875. The standard InChI is InChI=1S/C21H26N4O.HI/c1-3-22-21(25-15-17-8-4-7-11-20(17)26-2)23-13-12-16-14-24-19-10-6-5-9-18(16)19;/h4-11,14,24H,3,12-13,15H2,1-2H3,(H2,22,23,25);1H. The molecule has 0 atom stereocenters. The van der Waals surface area contributed by atoms with Crippen LogP contribution >= 0.6 is 24.0 Å². The fraction of sp³-hybridized carbons (Fsp3) is 0.286. The smallest absolute Gasteiger partial charge is 0.191 e. The van der Waals surface area contributed by atoms with Gasteiger partial charge >= 0.3 is 0 Å². The Morgan fingerprint density at radius 3 is 2.63 bits per heavy atom. The lowest BCUT2D eigenvalue weighted by atomic mass is 10.1. The van der Waals surface area contributed by atoms with Crippen LogP contribution in [0.25, 0.3) is 10.9 Å². The van der Waals surface area contributed by atoms with Crippen molar-refractivity contribution in [2.45, 2.75) is 19.9 Å². The predicted octanol–water partition coefficient (Wildman–Crippen LogP) is 4.09. The summed E-state index contributed by atoms with van der Waals surface area (Å²) in [5, 5.41) is 8.00. The Balaban J connectivity index is 0.00000261. The molecule has 0 aliphatic rings. The first-order valence-electron chi connectivity index (χ1n) is 9.01. The zero-order valence-corrected chi connectivity index (χ0v) is 18.1. The Hall–Kier alpha value is -2.22. The molecule has 0 saturated heterocycles. The van der Waals surface area contributed by atoms with Crippen LogP contribution in [0.3, 0.4) is 0 Å². The average Bonchev–Trinajstić information content (AvgIpc) is 3.09. The lowest BCUT2D eigenvalue weighted by molar-refractivity contribution is 0.410. The van der Waals surface area contributed by atoms with Crippen molar-refractivity contribution in [1.82, 2.24) is 15.6 Å². The minimum Gasteiger partial charge on any atom is -0.496 e. The summed E-state index contributed by atoms with van der Waals surface area (Å²) in [7, 11) is 1.69. The number of H-pyrrole nitrogens is 1. The van der Waals surface area contributed by atoms with E-state index in [4.69, 9.17) is 4.74 Å². The Kier molecular flexibility index (Phi) is 8.44. The van der Waals surface area contributed by atoms with Gasteiger partial charge in [-0.05, 0) is 31.0 Å². The van der Waals surface area contributed by atoms with Gasteiger partial charge in [0.15, 0.2) is 5.96 Å². The number of fused-ring (bicyclic) bond motifs is 1.